The van der Waals surface area contributed by atoms with Crippen molar-refractivity contribution in [1.29, 1.82) is 0 Å². The molecule has 0 atom stereocenters. The molecule has 0 unspecified atom stereocenters. The van der Waals surface area contributed by atoms with E-state index in [0.717, 1.165) is 33.5 Å². The van der Waals surface area contributed by atoms with Crippen molar-refractivity contribution in [2.75, 3.05) is 0 Å². The van der Waals surface area contributed by atoms with Crippen molar-refractivity contribution in [2.45, 2.75) is 0 Å². The lowest BCUT2D eigenvalue weighted by Crippen LogP contribution is -1.94. The summed E-state index contributed by atoms with van der Waals surface area (Å²) in [5.41, 5.74) is 12.6. The molecule has 3 heterocycles. The van der Waals surface area contributed by atoms with Crippen molar-refractivity contribution in [3.8, 4) is 33.8 Å². The zero-order chi connectivity index (χ0) is 34.2. The Morgan fingerprint density at radius 1 is 0.308 bits per heavy atom. The molecule has 3 heteroatoms. The van der Waals surface area contributed by atoms with Gasteiger partial charge in [-0.25, -0.2) is 4.98 Å². The summed E-state index contributed by atoms with van der Waals surface area (Å²) in [6, 6.07) is 67.7. The van der Waals surface area contributed by atoms with Crippen LogP contribution in [0.1, 0.15) is 0 Å². The molecule has 0 bridgehead atoms. The van der Waals surface area contributed by atoms with Crippen LogP contribution in [0, 0.1) is 0 Å². The predicted molar refractivity (Wildman–Crippen MR) is 219 cm³/mol. The van der Waals surface area contributed by atoms with Crippen LogP contribution in [-0.4, -0.2) is 14.1 Å². The number of nitrogens with zero attached hydrogens (tertiary/aromatic N) is 3. The van der Waals surface area contributed by atoms with Gasteiger partial charge < -0.3 is 9.13 Å². The van der Waals surface area contributed by atoms with E-state index < -0.39 is 0 Å². The van der Waals surface area contributed by atoms with Crippen molar-refractivity contribution < 1.29 is 0 Å². The zero-order valence-corrected chi connectivity index (χ0v) is 28.2. The molecule has 0 saturated heterocycles. The summed E-state index contributed by atoms with van der Waals surface area (Å²) >= 11 is 0. The highest BCUT2D eigenvalue weighted by atomic mass is 15.0. The van der Waals surface area contributed by atoms with Gasteiger partial charge >= 0.3 is 0 Å². The van der Waals surface area contributed by atoms with Crippen LogP contribution in [0.2, 0.25) is 0 Å². The third-order valence-corrected chi connectivity index (χ3v) is 10.7. The molecule has 0 aliphatic rings. The molecule has 8 aromatic carbocycles. The summed E-state index contributed by atoms with van der Waals surface area (Å²) in [4.78, 5) is 5.32. The third-order valence-electron chi connectivity index (χ3n) is 10.7. The molecule has 0 aliphatic heterocycles. The van der Waals surface area contributed by atoms with Gasteiger partial charge in [-0.2, -0.15) is 0 Å². The van der Waals surface area contributed by atoms with Crippen molar-refractivity contribution in [2.24, 2.45) is 0 Å². The minimum atomic E-state index is 0.997. The van der Waals surface area contributed by atoms with E-state index >= 15 is 0 Å². The first kappa shape index (κ1) is 28.8. The molecule has 3 aromatic heterocycles. The number of aromatic nitrogens is 3. The molecule has 52 heavy (non-hydrogen) atoms. The summed E-state index contributed by atoms with van der Waals surface area (Å²) in [6.07, 6.45) is 0. The normalized spacial score (nSPS) is 11.8. The van der Waals surface area contributed by atoms with Crippen LogP contribution in [0.3, 0.4) is 0 Å². The zero-order valence-electron chi connectivity index (χ0n) is 28.2. The molecule has 0 saturated carbocycles. The lowest BCUT2D eigenvalue weighted by Gasteiger charge is -2.13. The van der Waals surface area contributed by atoms with Gasteiger partial charge in [0.05, 0.1) is 33.3 Å². The molecule has 0 fully saturated rings. The monoisotopic (exact) mass is 661 g/mol. The van der Waals surface area contributed by atoms with Gasteiger partial charge in [-0.1, -0.05) is 133 Å². The van der Waals surface area contributed by atoms with E-state index in [0.29, 0.717) is 0 Å². The molecule has 0 amide bonds. The van der Waals surface area contributed by atoms with Crippen LogP contribution >= 0.6 is 0 Å². The van der Waals surface area contributed by atoms with E-state index in [1.54, 1.807) is 0 Å². The van der Waals surface area contributed by atoms with Gasteiger partial charge in [0.2, 0.25) is 0 Å². The van der Waals surface area contributed by atoms with Gasteiger partial charge in [-0.15, -0.1) is 0 Å². The number of hydrogen-bond donors (Lipinski definition) is 0. The van der Waals surface area contributed by atoms with Crippen molar-refractivity contribution in [3.05, 3.63) is 188 Å². The molecule has 0 spiro atoms. The smallest absolute Gasteiger partial charge is 0.0788 e. The largest absolute Gasteiger partial charge is 0.309 e. The average Bonchev–Trinajstić information content (AvgIpc) is 3.74. The molecule has 0 N–H and O–H groups in total. The van der Waals surface area contributed by atoms with Gasteiger partial charge in [0.25, 0.3) is 0 Å². The standard InChI is InChI=1S/C49H31N3/c1-2-14-35(15-3-1)51-45-24-11-7-20-40(45)48-46(51)30-29-41-47(48)39-19-4-8-21-42(39)50-49(41)33-27-25-32(26-28-33)34-13-12-16-36(31-34)52-43-22-9-5-17-37(43)38-18-6-10-23-44(38)52/h1-31H. The van der Waals surface area contributed by atoms with Crippen LogP contribution in [0.5, 0.6) is 0 Å². The van der Waals surface area contributed by atoms with Gasteiger partial charge in [0, 0.05) is 54.6 Å². The summed E-state index contributed by atoms with van der Waals surface area (Å²) in [5.74, 6) is 0. The van der Waals surface area contributed by atoms with E-state index in [2.05, 4.69) is 197 Å². The lowest BCUT2D eigenvalue weighted by atomic mass is 9.95. The second kappa shape index (κ2) is 11.3. The second-order valence-electron chi connectivity index (χ2n) is 13.5. The Morgan fingerprint density at radius 3 is 1.60 bits per heavy atom. The molecule has 3 nitrogen and oxygen atoms in total. The maximum Gasteiger partial charge on any atom is 0.0788 e. The van der Waals surface area contributed by atoms with Crippen molar-refractivity contribution in [3.63, 3.8) is 0 Å². The topological polar surface area (TPSA) is 22.8 Å². The Morgan fingerprint density at radius 2 is 0.865 bits per heavy atom. The fourth-order valence-corrected chi connectivity index (χ4v) is 8.42. The average molecular weight is 662 g/mol. The first-order chi connectivity index (χ1) is 25.8. The molecular formula is C49H31N3. The van der Waals surface area contributed by atoms with Gasteiger partial charge in [-0.3, -0.25) is 0 Å². The molecule has 0 radical (unpaired) electrons. The highest BCUT2D eigenvalue weighted by molar-refractivity contribution is 6.29. The van der Waals surface area contributed by atoms with Crippen LogP contribution in [-0.2, 0) is 0 Å². The maximum absolute atomic E-state index is 5.32. The van der Waals surface area contributed by atoms with Gasteiger partial charge in [0.1, 0.15) is 0 Å². The highest BCUT2D eigenvalue weighted by Gasteiger charge is 2.19. The fourth-order valence-electron chi connectivity index (χ4n) is 8.42. The number of benzene rings is 8. The first-order valence-corrected chi connectivity index (χ1v) is 17.8. The summed E-state index contributed by atoms with van der Waals surface area (Å²) in [7, 11) is 0. The SMILES string of the molecule is c1ccc(-n2c3ccccc3c3c4c(ccc32)c(-c2ccc(-c3cccc(-n5c6ccccc6c6ccccc65)c3)cc2)nc2ccccc24)cc1. The molecule has 242 valence electrons. The number of rotatable bonds is 4. The Kier molecular flexibility index (Phi) is 6.25. The van der Waals surface area contributed by atoms with E-state index in [1.165, 1.54) is 65.5 Å². The maximum atomic E-state index is 5.32. The first-order valence-electron chi connectivity index (χ1n) is 17.8. The second-order valence-corrected chi connectivity index (χ2v) is 13.5. The molecule has 11 rings (SSSR count). The Bertz CT molecular complexity index is 3110. The number of pyridine rings is 1. The quantitative estimate of drug-likeness (QED) is 0.172. The van der Waals surface area contributed by atoms with Crippen molar-refractivity contribution >= 4 is 65.3 Å². The molecular weight excluding hydrogens is 631 g/mol. The third kappa shape index (κ3) is 4.23. The Labute approximate surface area is 300 Å². The number of hydrogen-bond acceptors (Lipinski definition) is 1. The van der Waals surface area contributed by atoms with Crippen LogP contribution in [0.4, 0.5) is 0 Å². The van der Waals surface area contributed by atoms with Crippen LogP contribution in [0.15, 0.2) is 188 Å². The Balaban J connectivity index is 1.08. The summed E-state index contributed by atoms with van der Waals surface area (Å²) in [6.45, 7) is 0. The van der Waals surface area contributed by atoms with E-state index in [-0.39, 0.29) is 0 Å². The number of fused-ring (bicyclic) bond motifs is 10. The minimum absolute atomic E-state index is 0.997. The lowest BCUT2D eigenvalue weighted by molar-refractivity contribution is 1.18. The van der Waals surface area contributed by atoms with E-state index in [1.807, 2.05) is 0 Å². The Hall–Kier alpha value is -6.97. The summed E-state index contributed by atoms with van der Waals surface area (Å²) in [5, 5.41) is 8.61. The molecule has 11 aromatic rings. The van der Waals surface area contributed by atoms with E-state index in [9.17, 15) is 0 Å². The number of para-hydroxylation sites is 5. The van der Waals surface area contributed by atoms with Gasteiger partial charge in [-0.05, 0) is 65.7 Å². The van der Waals surface area contributed by atoms with Gasteiger partial charge in [0.15, 0.2) is 0 Å². The van der Waals surface area contributed by atoms with Crippen molar-refractivity contribution in [1.82, 2.24) is 14.1 Å². The fraction of sp³-hybridized carbons (Fsp3) is 0. The molecule has 0 aliphatic carbocycles. The summed E-state index contributed by atoms with van der Waals surface area (Å²) < 4.78 is 4.77. The van der Waals surface area contributed by atoms with E-state index in [4.69, 9.17) is 4.98 Å². The highest BCUT2D eigenvalue weighted by Crippen LogP contribution is 2.42. The minimum Gasteiger partial charge on any atom is -0.309 e. The van der Waals surface area contributed by atoms with Crippen LogP contribution in [0.25, 0.3) is 99.0 Å². The van der Waals surface area contributed by atoms with Crippen LogP contribution < -0.4 is 0 Å². The predicted octanol–water partition coefficient (Wildman–Crippen LogP) is 12.9.